The van der Waals surface area contributed by atoms with E-state index in [1.807, 2.05) is 0 Å². The van der Waals surface area contributed by atoms with Crippen molar-refractivity contribution >= 4 is 11.8 Å². The molecular formula is C8H10O3. The normalized spacial score (nSPS) is 31.0. The van der Waals surface area contributed by atoms with Crippen LogP contribution >= 0.6 is 0 Å². The van der Waals surface area contributed by atoms with Crippen molar-refractivity contribution in [2.45, 2.75) is 13.3 Å². The van der Waals surface area contributed by atoms with Gasteiger partial charge in [0.25, 0.3) is 0 Å². The average Bonchev–Trinajstić information content (AvgIpc) is 2.17. The molecule has 0 bridgehead atoms. The lowest BCUT2D eigenvalue weighted by molar-refractivity contribution is -0.140. The third kappa shape index (κ3) is 1.18. The van der Waals surface area contributed by atoms with Gasteiger partial charge < -0.3 is 5.11 Å². The summed E-state index contributed by atoms with van der Waals surface area (Å²) in [5, 5.41) is 8.61. The Labute approximate surface area is 64.7 Å². The summed E-state index contributed by atoms with van der Waals surface area (Å²) in [5.41, 5.74) is 0.255. The van der Waals surface area contributed by atoms with Gasteiger partial charge in [0.1, 0.15) is 0 Å². The first kappa shape index (κ1) is 7.98. The number of hydrogen-bond donors (Lipinski definition) is 1. The zero-order valence-electron chi connectivity index (χ0n) is 6.33. The summed E-state index contributed by atoms with van der Waals surface area (Å²) in [5.74, 6) is -1.84. The molecule has 1 rings (SSSR count). The van der Waals surface area contributed by atoms with Crippen LogP contribution in [-0.4, -0.2) is 16.9 Å². The van der Waals surface area contributed by atoms with Crippen LogP contribution in [0.4, 0.5) is 0 Å². The SMILES string of the molecule is C=C1C(=O)C(C)CC1C(=O)O. The monoisotopic (exact) mass is 154 g/mol. The number of carboxylic acid groups (broad SMARTS) is 1. The van der Waals surface area contributed by atoms with Gasteiger partial charge in [0.05, 0.1) is 5.92 Å². The van der Waals surface area contributed by atoms with E-state index in [9.17, 15) is 9.59 Å². The molecule has 0 heterocycles. The molecule has 1 aliphatic rings. The molecule has 0 amide bonds. The van der Waals surface area contributed by atoms with Crippen LogP contribution in [0.25, 0.3) is 0 Å². The molecule has 0 saturated heterocycles. The maximum atomic E-state index is 11.1. The average molecular weight is 154 g/mol. The summed E-state index contributed by atoms with van der Waals surface area (Å²) in [6.45, 7) is 5.19. The topological polar surface area (TPSA) is 54.4 Å². The first-order valence-corrected chi connectivity index (χ1v) is 3.50. The van der Waals surface area contributed by atoms with Crippen molar-refractivity contribution in [1.82, 2.24) is 0 Å². The number of carboxylic acids is 1. The Bertz CT molecular complexity index is 229. The van der Waals surface area contributed by atoms with Gasteiger partial charge in [-0.15, -0.1) is 0 Å². The molecule has 3 nitrogen and oxygen atoms in total. The highest BCUT2D eigenvalue weighted by molar-refractivity contribution is 6.03. The smallest absolute Gasteiger partial charge is 0.311 e. The molecule has 3 heteroatoms. The lowest BCUT2D eigenvalue weighted by atomic mass is 10.0. The minimum absolute atomic E-state index is 0.0996. The molecule has 0 spiro atoms. The molecule has 0 radical (unpaired) electrons. The van der Waals surface area contributed by atoms with E-state index < -0.39 is 11.9 Å². The van der Waals surface area contributed by atoms with Crippen molar-refractivity contribution in [2.24, 2.45) is 11.8 Å². The second kappa shape index (κ2) is 2.49. The number of Topliss-reactive ketones (excluding diaryl/α,β-unsaturated/α-hetero) is 1. The van der Waals surface area contributed by atoms with Crippen molar-refractivity contribution in [3.05, 3.63) is 12.2 Å². The zero-order valence-corrected chi connectivity index (χ0v) is 6.33. The number of aliphatic carboxylic acids is 1. The van der Waals surface area contributed by atoms with Crippen molar-refractivity contribution < 1.29 is 14.7 Å². The van der Waals surface area contributed by atoms with Crippen LogP contribution in [0.15, 0.2) is 12.2 Å². The van der Waals surface area contributed by atoms with Gasteiger partial charge in [0.15, 0.2) is 5.78 Å². The van der Waals surface area contributed by atoms with Gasteiger partial charge in [-0.25, -0.2) is 0 Å². The summed E-state index contributed by atoms with van der Waals surface area (Å²) in [4.78, 5) is 21.5. The highest BCUT2D eigenvalue weighted by Gasteiger charge is 2.37. The third-order valence-electron chi connectivity index (χ3n) is 2.07. The summed E-state index contributed by atoms with van der Waals surface area (Å²) >= 11 is 0. The molecule has 1 aliphatic carbocycles. The van der Waals surface area contributed by atoms with E-state index in [2.05, 4.69) is 6.58 Å². The molecule has 1 saturated carbocycles. The molecule has 2 atom stereocenters. The van der Waals surface area contributed by atoms with Gasteiger partial charge in [-0.3, -0.25) is 9.59 Å². The molecular weight excluding hydrogens is 144 g/mol. The van der Waals surface area contributed by atoms with Crippen LogP contribution in [-0.2, 0) is 9.59 Å². The molecule has 0 aromatic rings. The molecule has 2 unspecified atom stereocenters. The maximum Gasteiger partial charge on any atom is 0.311 e. The zero-order chi connectivity index (χ0) is 8.59. The van der Waals surface area contributed by atoms with E-state index in [-0.39, 0.29) is 17.3 Å². The van der Waals surface area contributed by atoms with E-state index in [0.29, 0.717) is 6.42 Å². The van der Waals surface area contributed by atoms with Crippen molar-refractivity contribution in [3.63, 3.8) is 0 Å². The van der Waals surface area contributed by atoms with Gasteiger partial charge >= 0.3 is 5.97 Å². The van der Waals surface area contributed by atoms with Crippen molar-refractivity contribution in [1.29, 1.82) is 0 Å². The second-order valence-corrected chi connectivity index (χ2v) is 2.92. The standard InChI is InChI=1S/C8H10O3/c1-4-3-6(8(10)11)5(2)7(4)9/h4,6H,2-3H2,1H3,(H,10,11). The number of carbonyl (C=O) groups excluding carboxylic acids is 1. The predicted molar refractivity (Wildman–Crippen MR) is 39.1 cm³/mol. The van der Waals surface area contributed by atoms with E-state index in [1.54, 1.807) is 6.92 Å². The van der Waals surface area contributed by atoms with Crippen LogP contribution in [0.5, 0.6) is 0 Å². The molecule has 0 aromatic carbocycles. The van der Waals surface area contributed by atoms with Crippen LogP contribution < -0.4 is 0 Å². The van der Waals surface area contributed by atoms with Crippen molar-refractivity contribution in [2.75, 3.05) is 0 Å². The van der Waals surface area contributed by atoms with Crippen LogP contribution in [0.2, 0.25) is 0 Å². The maximum absolute atomic E-state index is 11.1. The molecule has 1 N–H and O–H groups in total. The Morgan fingerprint density at radius 2 is 2.27 bits per heavy atom. The Hall–Kier alpha value is -1.12. The first-order valence-electron chi connectivity index (χ1n) is 3.50. The Balaban J connectivity index is 2.83. The lowest BCUT2D eigenvalue weighted by Crippen LogP contribution is -2.11. The van der Waals surface area contributed by atoms with E-state index in [0.717, 1.165) is 0 Å². The van der Waals surface area contributed by atoms with Gasteiger partial charge in [-0.2, -0.15) is 0 Å². The van der Waals surface area contributed by atoms with Crippen LogP contribution in [0.3, 0.4) is 0 Å². The second-order valence-electron chi connectivity index (χ2n) is 2.92. The fraction of sp³-hybridized carbons (Fsp3) is 0.500. The molecule has 0 aromatic heterocycles. The fourth-order valence-electron chi connectivity index (χ4n) is 1.34. The number of rotatable bonds is 1. The van der Waals surface area contributed by atoms with Gasteiger partial charge in [-0.05, 0) is 6.42 Å². The lowest BCUT2D eigenvalue weighted by Gasteiger charge is -2.00. The molecule has 1 fully saturated rings. The molecule has 0 aliphatic heterocycles. The Morgan fingerprint density at radius 1 is 1.73 bits per heavy atom. The first-order chi connectivity index (χ1) is 5.04. The number of hydrogen-bond acceptors (Lipinski definition) is 2. The quantitative estimate of drug-likeness (QED) is 0.570. The van der Waals surface area contributed by atoms with E-state index in [1.165, 1.54) is 0 Å². The summed E-state index contributed by atoms with van der Waals surface area (Å²) < 4.78 is 0. The van der Waals surface area contributed by atoms with E-state index in [4.69, 9.17) is 5.11 Å². The Morgan fingerprint density at radius 3 is 2.45 bits per heavy atom. The number of ketones is 1. The molecule has 11 heavy (non-hydrogen) atoms. The predicted octanol–water partition coefficient (Wildman–Crippen LogP) is 0.852. The fourth-order valence-corrected chi connectivity index (χ4v) is 1.34. The Kier molecular flexibility index (Phi) is 1.81. The number of carbonyl (C=O) groups is 2. The van der Waals surface area contributed by atoms with Crippen LogP contribution in [0, 0.1) is 11.8 Å². The minimum atomic E-state index is -0.937. The van der Waals surface area contributed by atoms with Crippen molar-refractivity contribution in [3.8, 4) is 0 Å². The van der Waals surface area contributed by atoms with Gasteiger partial charge in [0, 0.05) is 11.5 Å². The molecule has 60 valence electrons. The van der Waals surface area contributed by atoms with E-state index >= 15 is 0 Å². The summed E-state index contributed by atoms with van der Waals surface area (Å²) in [6.07, 6.45) is 0.410. The van der Waals surface area contributed by atoms with Crippen LogP contribution in [0.1, 0.15) is 13.3 Å². The largest absolute Gasteiger partial charge is 0.481 e. The summed E-state index contributed by atoms with van der Waals surface area (Å²) in [6, 6.07) is 0. The van der Waals surface area contributed by atoms with Gasteiger partial charge in [-0.1, -0.05) is 13.5 Å². The minimum Gasteiger partial charge on any atom is -0.481 e. The third-order valence-corrected chi connectivity index (χ3v) is 2.07. The van der Waals surface area contributed by atoms with Gasteiger partial charge in [0.2, 0.25) is 0 Å². The summed E-state index contributed by atoms with van der Waals surface area (Å²) in [7, 11) is 0. The highest BCUT2D eigenvalue weighted by atomic mass is 16.4. The highest BCUT2D eigenvalue weighted by Crippen LogP contribution is 2.31.